The zero-order valence-electron chi connectivity index (χ0n) is 19.9. The first-order chi connectivity index (χ1) is 16.3. The number of nitrogens with zero attached hydrogens (tertiary/aromatic N) is 2. The summed E-state index contributed by atoms with van der Waals surface area (Å²) >= 11 is 6.66. The van der Waals surface area contributed by atoms with E-state index in [1.165, 1.54) is 4.57 Å². The number of pyridine rings is 1. The molecule has 1 aliphatic heterocycles. The third-order valence-corrected chi connectivity index (χ3v) is 6.79. The van der Waals surface area contributed by atoms with E-state index < -0.39 is 46.7 Å². The topological polar surface area (TPSA) is 101 Å². The highest BCUT2D eigenvalue weighted by Crippen LogP contribution is 2.44. The molecule has 1 saturated heterocycles. The summed E-state index contributed by atoms with van der Waals surface area (Å²) in [6.07, 6.45) is 0.124. The number of amides is 1. The van der Waals surface area contributed by atoms with Crippen molar-refractivity contribution >= 4 is 40.3 Å². The summed E-state index contributed by atoms with van der Waals surface area (Å²) in [5.41, 5.74) is -2.01. The number of hydrogen-bond donors (Lipinski definition) is 2. The van der Waals surface area contributed by atoms with Crippen LogP contribution in [-0.4, -0.2) is 52.6 Å². The normalized spacial score (nSPS) is 24.0. The summed E-state index contributed by atoms with van der Waals surface area (Å²) in [4.78, 5) is 38.4. The third kappa shape index (κ3) is 4.80. The zero-order valence-corrected chi connectivity index (χ0v) is 20.7. The van der Waals surface area contributed by atoms with Crippen molar-refractivity contribution in [3.05, 3.63) is 38.9 Å². The molecule has 35 heavy (non-hydrogen) atoms. The number of alkyl carbamates (subject to hydrolysis) is 1. The predicted molar refractivity (Wildman–Crippen MR) is 128 cm³/mol. The van der Waals surface area contributed by atoms with E-state index >= 15 is 4.39 Å². The van der Waals surface area contributed by atoms with Crippen LogP contribution in [0.1, 0.15) is 56.9 Å². The largest absolute Gasteiger partial charge is 0.477 e. The second-order valence-corrected chi connectivity index (χ2v) is 10.5. The van der Waals surface area contributed by atoms with Gasteiger partial charge in [-0.05, 0) is 39.2 Å². The highest BCUT2D eigenvalue weighted by molar-refractivity contribution is 6.38. The van der Waals surface area contributed by atoms with Crippen LogP contribution in [0.2, 0.25) is 5.02 Å². The number of halogens is 3. The smallest absolute Gasteiger partial charge is 0.407 e. The van der Waals surface area contributed by atoms with Crippen LogP contribution in [0, 0.1) is 11.7 Å². The van der Waals surface area contributed by atoms with Gasteiger partial charge in [0, 0.05) is 25.7 Å². The molecular formula is C24H28ClF2N3O5. The van der Waals surface area contributed by atoms with E-state index in [9.17, 15) is 23.9 Å². The van der Waals surface area contributed by atoms with Crippen LogP contribution in [0.25, 0.3) is 10.9 Å². The number of carbonyl (C=O) groups excluding carboxylic acids is 1. The Bertz CT molecular complexity index is 1260. The molecule has 4 rings (SSSR count). The van der Waals surface area contributed by atoms with Gasteiger partial charge in [-0.2, -0.15) is 0 Å². The molecule has 1 unspecified atom stereocenters. The minimum absolute atomic E-state index is 0.0242. The van der Waals surface area contributed by atoms with E-state index in [2.05, 4.69) is 5.32 Å². The van der Waals surface area contributed by atoms with Gasteiger partial charge < -0.3 is 24.6 Å². The number of benzene rings is 1. The second kappa shape index (κ2) is 8.96. The third-order valence-electron chi connectivity index (χ3n) is 6.44. The highest BCUT2D eigenvalue weighted by atomic mass is 35.5. The fraction of sp³-hybridized carbons (Fsp3) is 0.542. The standard InChI is InChI=1S/C24H28ClF2N3O5/c1-5-11-8-29(10-16(11)28-23(34)35-24(2,3)4)20-15(27)6-12-19(18(20)25)30(17-7-14(17)26)9-13(21(12)31)22(32)33/h6,9,11,14,16-17H,5,7-8,10H2,1-4H3,(H,28,34)(H,32,33)/t11?,14-,16+,17+/m0/s1. The molecule has 0 bridgehead atoms. The molecule has 1 saturated carbocycles. The van der Waals surface area contributed by atoms with Crippen molar-refractivity contribution in [3.63, 3.8) is 0 Å². The van der Waals surface area contributed by atoms with Crippen molar-refractivity contribution in [1.82, 2.24) is 9.88 Å². The number of ether oxygens (including phenoxy) is 1. The molecule has 190 valence electrons. The average Bonchev–Trinajstić information content (AvgIpc) is 3.33. The van der Waals surface area contributed by atoms with Gasteiger partial charge in [-0.3, -0.25) is 4.79 Å². The van der Waals surface area contributed by atoms with Crippen molar-refractivity contribution in [1.29, 1.82) is 0 Å². The van der Waals surface area contributed by atoms with Crippen LogP contribution in [0.15, 0.2) is 17.1 Å². The van der Waals surface area contributed by atoms with E-state index in [0.717, 1.165) is 12.3 Å². The van der Waals surface area contributed by atoms with E-state index in [4.69, 9.17) is 16.3 Å². The Morgan fingerprint density at radius 3 is 2.51 bits per heavy atom. The molecule has 0 radical (unpaired) electrons. The van der Waals surface area contributed by atoms with Crippen molar-refractivity contribution in [2.45, 2.75) is 64.4 Å². The van der Waals surface area contributed by atoms with Gasteiger partial charge in [0.25, 0.3) is 0 Å². The number of carboxylic acid groups (broad SMARTS) is 1. The van der Waals surface area contributed by atoms with E-state index in [1.54, 1.807) is 25.7 Å². The van der Waals surface area contributed by atoms with Gasteiger partial charge in [0.2, 0.25) is 5.43 Å². The molecular weight excluding hydrogens is 484 g/mol. The average molecular weight is 512 g/mol. The molecule has 2 aliphatic rings. The lowest BCUT2D eigenvalue weighted by Crippen LogP contribution is -2.43. The Morgan fingerprint density at radius 2 is 1.97 bits per heavy atom. The van der Waals surface area contributed by atoms with Crippen molar-refractivity contribution in [2.24, 2.45) is 5.92 Å². The molecule has 0 spiro atoms. The van der Waals surface area contributed by atoms with Crippen LogP contribution >= 0.6 is 11.6 Å². The van der Waals surface area contributed by atoms with Crippen molar-refractivity contribution in [3.8, 4) is 0 Å². The van der Waals surface area contributed by atoms with Gasteiger partial charge in [0.05, 0.1) is 33.7 Å². The van der Waals surface area contributed by atoms with Gasteiger partial charge in [-0.25, -0.2) is 18.4 Å². The fourth-order valence-electron chi connectivity index (χ4n) is 4.67. The quantitative estimate of drug-likeness (QED) is 0.612. The number of nitrogens with one attached hydrogen (secondary N) is 1. The molecule has 1 amide bonds. The van der Waals surface area contributed by atoms with Crippen LogP contribution in [0.3, 0.4) is 0 Å². The Balaban J connectivity index is 1.76. The molecule has 1 aliphatic carbocycles. The molecule has 2 heterocycles. The molecule has 8 nitrogen and oxygen atoms in total. The molecule has 2 N–H and O–H groups in total. The van der Waals surface area contributed by atoms with Gasteiger partial charge >= 0.3 is 12.1 Å². The summed E-state index contributed by atoms with van der Waals surface area (Å²) in [6, 6.07) is -0.0562. The fourth-order valence-corrected chi connectivity index (χ4v) is 5.07. The Hall–Kier alpha value is -2.88. The minimum atomic E-state index is -1.48. The first-order valence-corrected chi connectivity index (χ1v) is 11.9. The maximum absolute atomic E-state index is 15.4. The summed E-state index contributed by atoms with van der Waals surface area (Å²) < 4.78 is 36.1. The molecule has 1 aromatic heterocycles. The number of aromatic carboxylic acids is 1. The van der Waals surface area contributed by atoms with E-state index in [0.29, 0.717) is 13.0 Å². The molecule has 11 heteroatoms. The van der Waals surface area contributed by atoms with E-state index in [-0.39, 0.29) is 46.5 Å². The number of rotatable bonds is 5. The Morgan fingerprint density at radius 1 is 1.31 bits per heavy atom. The first-order valence-electron chi connectivity index (χ1n) is 11.5. The molecule has 1 aromatic carbocycles. The molecule has 4 atom stereocenters. The minimum Gasteiger partial charge on any atom is -0.477 e. The Kier molecular flexibility index (Phi) is 6.46. The van der Waals surface area contributed by atoms with Crippen molar-refractivity contribution < 1.29 is 28.2 Å². The summed E-state index contributed by atoms with van der Waals surface area (Å²) in [5, 5.41) is 12.0. The van der Waals surface area contributed by atoms with Crippen LogP contribution in [-0.2, 0) is 4.74 Å². The number of anilines is 1. The van der Waals surface area contributed by atoms with Crippen LogP contribution < -0.4 is 15.6 Å². The lowest BCUT2D eigenvalue weighted by atomic mass is 10.0. The van der Waals surface area contributed by atoms with Gasteiger partial charge in [-0.15, -0.1) is 0 Å². The summed E-state index contributed by atoms with van der Waals surface area (Å²) in [5.74, 6) is -2.30. The van der Waals surface area contributed by atoms with Gasteiger partial charge in [0.1, 0.15) is 23.2 Å². The van der Waals surface area contributed by atoms with Crippen LogP contribution in [0.4, 0.5) is 19.3 Å². The monoisotopic (exact) mass is 511 g/mol. The maximum atomic E-state index is 15.4. The number of carbonyl (C=O) groups is 2. The Labute approximate surface area is 205 Å². The molecule has 2 fully saturated rings. The lowest BCUT2D eigenvalue weighted by Gasteiger charge is -2.24. The second-order valence-electron chi connectivity index (χ2n) is 10.1. The summed E-state index contributed by atoms with van der Waals surface area (Å²) in [7, 11) is 0. The van der Waals surface area contributed by atoms with E-state index in [1.807, 2.05) is 6.92 Å². The zero-order chi connectivity index (χ0) is 25.8. The number of aromatic nitrogens is 1. The number of fused-ring (bicyclic) bond motifs is 1. The van der Waals surface area contributed by atoms with Crippen molar-refractivity contribution in [2.75, 3.05) is 18.0 Å². The van der Waals surface area contributed by atoms with Gasteiger partial charge in [-0.1, -0.05) is 18.5 Å². The number of carboxylic acids is 1. The number of hydrogen-bond acceptors (Lipinski definition) is 5. The predicted octanol–water partition coefficient (Wildman–Crippen LogP) is 4.51. The lowest BCUT2D eigenvalue weighted by molar-refractivity contribution is 0.0496. The van der Waals surface area contributed by atoms with Crippen LogP contribution in [0.5, 0.6) is 0 Å². The highest BCUT2D eigenvalue weighted by Gasteiger charge is 2.42. The first kappa shape index (κ1) is 25.2. The van der Waals surface area contributed by atoms with Gasteiger partial charge in [0.15, 0.2) is 0 Å². The SMILES string of the molecule is CCC1CN(c2c(F)cc3c(=O)c(C(=O)O)cn([C@@H]4C[C@@H]4F)c3c2Cl)C[C@H]1NC(=O)OC(C)(C)C. The summed E-state index contributed by atoms with van der Waals surface area (Å²) in [6.45, 7) is 7.85. The maximum Gasteiger partial charge on any atom is 0.407 e. The molecule has 2 aromatic rings. The number of alkyl halides is 1.